The smallest absolute Gasteiger partial charge is 0.279 e. The van der Waals surface area contributed by atoms with Gasteiger partial charge >= 0.3 is 0 Å². The van der Waals surface area contributed by atoms with Gasteiger partial charge in [0.2, 0.25) is 5.95 Å². The van der Waals surface area contributed by atoms with Crippen LogP contribution in [-0.4, -0.2) is 38.9 Å². The van der Waals surface area contributed by atoms with Gasteiger partial charge < -0.3 is 11.1 Å². The summed E-state index contributed by atoms with van der Waals surface area (Å²) in [5.74, 6) is -0.846. The lowest BCUT2D eigenvalue weighted by atomic mass is 10.1. The number of nitrogens with one attached hydrogen (secondary N) is 1. The molecule has 2 aromatic heterocycles. The number of benzene rings is 2. The first-order valence-corrected chi connectivity index (χ1v) is 11.5. The maximum Gasteiger partial charge on any atom is 0.279 e. The lowest BCUT2D eigenvalue weighted by molar-refractivity contribution is 0.0925. The highest BCUT2D eigenvalue weighted by Gasteiger charge is 2.40. The predicted molar refractivity (Wildman–Crippen MR) is 137 cm³/mol. The van der Waals surface area contributed by atoms with Gasteiger partial charge in [0.25, 0.3) is 17.4 Å². The Morgan fingerprint density at radius 3 is 2.14 bits per heavy atom. The molecule has 0 saturated carbocycles. The molecular formula is C27H24N6O3. The average molecular weight is 481 g/mol. The third kappa shape index (κ3) is 4.16. The molecule has 1 aliphatic rings. The number of hydrogen-bond acceptors (Lipinski definition) is 7. The van der Waals surface area contributed by atoms with Crippen molar-refractivity contribution in [2.45, 2.75) is 12.5 Å². The second-order valence-corrected chi connectivity index (χ2v) is 8.55. The van der Waals surface area contributed by atoms with Crippen LogP contribution < -0.4 is 21.5 Å². The van der Waals surface area contributed by atoms with Crippen LogP contribution in [0.15, 0.2) is 83.9 Å². The molecule has 2 aromatic carbocycles. The van der Waals surface area contributed by atoms with Gasteiger partial charge in [0.1, 0.15) is 11.4 Å². The van der Waals surface area contributed by atoms with E-state index in [2.05, 4.69) is 15.3 Å². The number of pyridine rings is 1. The average Bonchev–Trinajstić information content (AvgIpc) is 3.15. The van der Waals surface area contributed by atoms with E-state index in [1.54, 1.807) is 55.8 Å². The molecule has 5 rings (SSSR count). The number of aromatic nitrogens is 3. The zero-order valence-corrected chi connectivity index (χ0v) is 19.6. The summed E-state index contributed by atoms with van der Waals surface area (Å²) in [4.78, 5) is 49.7. The zero-order chi connectivity index (χ0) is 25.2. The lowest BCUT2D eigenvalue weighted by Crippen LogP contribution is -2.38. The van der Waals surface area contributed by atoms with Crippen LogP contribution >= 0.6 is 0 Å². The number of nitrogens with two attached hydrogens (primary N) is 1. The van der Waals surface area contributed by atoms with Crippen LogP contribution in [0.3, 0.4) is 0 Å². The highest BCUT2D eigenvalue weighted by atomic mass is 16.2. The number of hydrogen-bond donors (Lipinski definition) is 2. The fourth-order valence-electron chi connectivity index (χ4n) is 4.26. The number of anilines is 2. The highest BCUT2D eigenvalue weighted by molar-refractivity contribution is 6.35. The zero-order valence-electron chi connectivity index (χ0n) is 19.6. The molecule has 3 N–H and O–H groups in total. The Labute approximate surface area is 207 Å². The van der Waals surface area contributed by atoms with Crippen molar-refractivity contribution in [1.82, 2.24) is 14.5 Å². The summed E-state index contributed by atoms with van der Waals surface area (Å²) in [6, 6.07) is 19.5. The minimum atomic E-state index is -0.560. The molecule has 4 aromatic rings. The van der Waals surface area contributed by atoms with E-state index in [1.807, 2.05) is 30.3 Å². The van der Waals surface area contributed by atoms with Gasteiger partial charge in [-0.25, -0.2) is 9.88 Å². The molecule has 0 saturated heterocycles. The van der Waals surface area contributed by atoms with E-state index < -0.39 is 17.4 Å². The van der Waals surface area contributed by atoms with E-state index in [1.165, 1.54) is 4.57 Å². The van der Waals surface area contributed by atoms with Crippen LogP contribution in [0.5, 0.6) is 0 Å². The molecular weight excluding hydrogens is 456 g/mol. The Balaban J connectivity index is 1.53. The van der Waals surface area contributed by atoms with Crippen LogP contribution in [-0.2, 0) is 13.5 Å². The number of carbonyl (C=O) groups is 2. The number of rotatable bonds is 7. The topological polar surface area (TPSA) is 123 Å². The first kappa shape index (κ1) is 23.1. The molecule has 180 valence electrons. The van der Waals surface area contributed by atoms with Crippen molar-refractivity contribution in [1.29, 1.82) is 0 Å². The molecule has 9 heteroatoms. The summed E-state index contributed by atoms with van der Waals surface area (Å²) in [5.41, 5.74) is 8.04. The molecule has 1 aliphatic heterocycles. The molecule has 36 heavy (non-hydrogen) atoms. The lowest BCUT2D eigenvalue weighted by Gasteiger charge is -2.21. The largest absolute Gasteiger partial charge is 0.354 e. The molecule has 2 amide bonds. The van der Waals surface area contributed by atoms with E-state index in [-0.39, 0.29) is 34.5 Å². The Hall–Kier alpha value is -4.63. The highest BCUT2D eigenvalue weighted by Crippen LogP contribution is 2.33. The molecule has 0 bridgehead atoms. The molecule has 0 unspecified atom stereocenters. The van der Waals surface area contributed by atoms with Crippen molar-refractivity contribution in [3.05, 3.63) is 106 Å². The van der Waals surface area contributed by atoms with Crippen molar-refractivity contribution < 1.29 is 9.59 Å². The normalized spacial score (nSPS) is 13.6. The molecule has 0 fully saturated rings. The van der Waals surface area contributed by atoms with E-state index >= 15 is 0 Å². The number of carbonyl (C=O) groups excluding carboxylic acids is 2. The molecule has 3 heterocycles. The summed E-state index contributed by atoms with van der Waals surface area (Å²) >= 11 is 0. The van der Waals surface area contributed by atoms with Gasteiger partial charge in [-0.15, -0.1) is 0 Å². The van der Waals surface area contributed by atoms with Gasteiger partial charge in [-0.1, -0.05) is 42.5 Å². The van der Waals surface area contributed by atoms with Crippen LogP contribution in [0.2, 0.25) is 0 Å². The summed E-state index contributed by atoms with van der Waals surface area (Å²) in [7, 11) is 1.54. The predicted octanol–water partition coefficient (Wildman–Crippen LogP) is 2.62. The third-order valence-electron chi connectivity index (χ3n) is 6.10. The van der Waals surface area contributed by atoms with Crippen molar-refractivity contribution in [3.8, 4) is 11.3 Å². The molecule has 1 atom stereocenters. The van der Waals surface area contributed by atoms with Gasteiger partial charge in [0.15, 0.2) is 0 Å². The number of nitrogens with zero attached hydrogens (tertiary/aromatic N) is 4. The summed E-state index contributed by atoms with van der Waals surface area (Å²) < 4.78 is 1.29. The Morgan fingerprint density at radius 1 is 0.889 bits per heavy atom. The molecule has 0 radical (unpaired) electrons. The van der Waals surface area contributed by atoms with Crippen molar-refractivity contribution in [2.24, 2.45) is 12.8 Å². The van der Waals surface area contributed by atoms with Crippen LogP contribution in [0, 0.1) is 0 Å². The van der Waals surface area contributed by atoms with E-state index in [0.717, 1.165) is 10.5 Å². The van der Waals surface area contributed by atoms with Crippen molar-refractivity contribution >= 4 is 23.5 Å². The fourth-order valence-corrected chi connectivity index (χ4v) is 4.26. The van der Waals surface area contributed by atoms with Crippen molar-refractivity contribution in [2.75, 3.05) is 16.8 Å². The minimum absolute atomic E-state index is 0.103. The van der Waals surface area contributed by atoms with Gasteiger partial charge in [-0.05, 0) is 36.2 Å². The Morgan fingerprint density at radius 2 is 1.50 bits per heavy atom. The first-order valence-electron chi connectivity index (χ1n) is 11.5. The maximum absolute atomic E-state index is 13.6. The van der Waals surface area contributed by atoms with E-state index in [0.29, 0.717) is 18.5 Å². The molecule has 0 spiro atoms. The van der Waals surface area contributed by atoms with Crippen LogP contribution in [0.25, 0.3) is 11.3 Å². The van der Waals surface area contributed by atoms with E-state index in [4.69, 9.17) is 5.73 Å². The number of amides is 2. The Bertz CT molecular complexity index is 1470. The number of imide groups is 1. The fraction of sp³-hybridized carbons (Fsp3) is 0.148. The second kappa shape index (κ2) is 9.55. The number of fused-ring (bicyclic) bond motifs is 1. The van der Waals surface area contributed by atoms with Gasteiger partial charge in [0.05, 0.1) is 11.1 Å². The molecule has 0 aliphatic carbocycles. The maximum atomic E-state index is 13.6. The third-order valence-corrected chi connectivity index (χ3v) is 6.10. The SMILES string of the molecule is Cn1c(NC[C@@H](N)Cc2ccccc2)nc(-c2ccncc2)c(N2C(=O)c3ccccc3C2=O)c1=O. The Kier molecular flexibility index (Phi) is 6.14. The second-order valence-electron chi connectivity index (χ2n) is 8.55. The van der Waals surface area contributed by atoms with E-state index in [9.17, 15) is 14.4 Å². The summed E-state index contributed by atoms with van der Waals surface area (Å²) in [6.07, 6.45) is 3.76. The summed E-state index contributed by atoms with van der Waals surface area (Å²) in [5, 5.41) is 3.16. The quantitative estimate of drug-likeness (QED) is 0.390. The van der Waals surface area contributed by atoms with Gasteiger partial charge in [-0.3, -0.25) is 23.9 Å². The first-order chi connectivity index (χ1) is 17.5. The van der Waals surface area contributed by atoms with Crippen molar-refractivity contribution in [3.63, 3.8) is 0 Å². The van der Waals surface area contributed by atoms with Gasteiger partial charge in [0, 0.05) is 37.6 Å². The minimum Gasteiger partial charge on any atom is -0.354 e. The molecule has 9 nitrogen and oxygen atoms in total. The summed E-state index contributed by atoms with van der Waals surface area (Å²) in [6.45, 7) is 0.358. The standard InChI is InChI=1S/C27H24N6O3/c1-32-26(36)23(33-24(34)20-9-5-6-10-21(20)25(33)35)22(18-11-13-29-14-12-18)31-27(32)30-16-19(28)15-17-7-3-2-4-8-17/h2-14,19H,15-16,28H2,1H3,(H,30,31)/t19-/m0/s1. The monoisotopic (exact) mass is 480 g/mol. The van der Waals surface area contributed by atoms with Crippen LogP contribution in [0.1, 0.15) is 26.3 Å². The van der Waals surface area contributed by atoms with Crippen LogP contribution in [0.4, 0.5) is 11.6 Å². The van der Waals surface area contributed by atoms with Gasteiger partial charge in [-0.2, -0.15) is 0 Å².